The molecule has 12 heteroatoms. The number of carbonyl (C=O) groups excluding carboxylic acids is 2. The number of hydrogen-bond donors (Lipinski definition) is 3. The van der Waals surface area contributed by atoms with Gasteiger partial charge in [-0.25, -0.2) is 4.57 Å². The molecule has 0 heterocycles. The third-order valence-electron chi connectivity index (χ3n) is 5.23. The maximum Gasteiger partial charge on any atom is 1.00 e. The minimum Gasteiger partial charge on any atom is -0.548 e. The van der Waals surface area contributed by atoms with Crippen molar-refractivity contribution >= 4 is 19.8 Å². The van der Waals surface area contributed by atoms with Gasteiger partial charge in [-0.1, -0.05) is 70.4 Å². The molecule has 3 atom stereocenters. The first kappa shape index (κ1) is 37.9. The minimum atomic E-state index is -4.61. The molecule has 4 N–H and O–H groups in total. The Balaban J connectivity index is 0. The zero-order valence-electron chi connectivity index (χ0n) is 22.1. The number of carbonyl (C=O) groups is 2. The first-order valence-corrected chi connectivity index (χ1v) is 14.2. The summed E-state index contributed by atoms with van der Waals surface area (Å²) in [4.78, 5) is 31.6. The van der Waals surface area contributed by atoms with Crippen LogP contribution in [0, 0.1) is 0 Å². The van der Waals surface area contributed by atoms with Crippen LogP contribution in [0.15, 0.2) is 12.2 Å². The molecule has 0 aromatic heterocycles. The molecule has 10 nitrogen and oxygen atoms in total. The predicted molar refractivity (Wildman–Crippen MR) is 131 cm³/mol. The van der Waals surface area contributed by atoms with Crippen molar-refractivity contribution in [1.29, 1.82) is 0 Å². The molecule has 0 aliphatic heterocycles. The molecule has 0 spiro atoms. The number of phosphoric acid groups is 1. The summed E-state index contributed by atoms with van der Waals surface area (Å²) >= 11 is 0. The number of carboxylic acids is 1. The number of allylic oxidation sites excluding steroid dienone is 2. The number of nitrogens with two attached hydrogens (primary N) is 1. The standard InChI is InChI=1S/C24H46NO9P.Na/c1-2-3-4-5-6-7-8-9-10-11-12-13-14-15-16-17-23(27)32-18-21(26)19-33-35(30,31)34-20-22(25)24(28)29;/h9-10,21-22,26H,2-8,11-20,25H2,1H3,(H,28,29)(H,30,31);/q;+1/p-1/b10-9+;/t21-,22+;/m1./s1. The average Bonchev–Trinajstić information content (AvgIpc) is 2.82. The van der Waals surface area contributed by atoms with Gasteiger partial charge < -0.3 is 30.4 Å². The molecule has 0 aromatic rings. The molecule has 206 valence electrons. The second-order valence-corrected chi connectivity index (χ2v) is 10.1. The number of rotatable bonds is 24. The summed E-state index contributed by atoms with van der Waals surface area (Å²) in [6, 6.07) is -1.60. The van der Waals surface area contributed by atoms with E-state index in [9.17, 15) is 29.3 Å². The summed E-state index contributed by atoms with van der Waals surface area (Å²) in [5.74, 6) is -2.12. The molecule has 0 amide bonds. The zero-order valence-corrected chi connectivity index (χ0v) is 25.0. The Labute approximate surface area is 238 Å². The smallest absolute Gasteiger partial charge is 0.548 e. The third kappa shape index (κ3) is 25.4. The number of aliphatic hydroxyl groups excluding tert-OH is 1. The fraction of sp³-hybridized carbons (Fsp3) is 0.833. The molecule has 0 radical (unpaired) electrons. The van der Waals surface area contributed by atoms with E-state index in [1.807, 2.05) is 0 Å². The Kier molecular flexibility index (Phi) is 26.3. The topological polar surface area (TPSA) is 168 Å². The summed E-state index contributed by atoms with van der Waals surface area (Å²) in [6.45, 7) is 0.393. The number of unbranched alkanes of at least 4 members (excludes halogenated alkanes) is 11. The van der Waals surface area contributed by atoms with E-state index in [4.69, 9.17) is 10.5 Å². The van der Waals surface area contributed by atoms with Crippen LogP contribution in [0.4, 0.5) is 0 Å². The van der Waals surface area contributed by atoms with Gasteiger partial charge in [0.15, 0.2) is 0 Å². The quantitative estimate of drug-likeness (QED) is 0.0499. The van der Waals surface area contributed by atoms with Gasteiger partial charge in [-0.15, -0.1) is 0 Å². The Morgan fingerprint density at radius 3 is 1.94 bits per heavy atom. The fourth-order valence-corrected chi connectivity index (χ4v) is 3.89. The van der Waals surface area contributed by atoms with Gasteiger partial charge in [-0.3, -0.25) is 13.8 Å². The van der Waals surface area contributed by atoms with E-state index in [1.54, 1.807) is 0 Å². The molecule has 1 unspecified atom stereocenters. The van der Waals surface area contributed by atoms with Crippen molar-refractivity contribution < 1.29 is 72.6 Å². The molecule has 0 rings (SSSR count). The Bertz CT molecular complexity index is 637. The van der Waals surface area contributed by atoms with Gasteiger partial charge in [0.1, 0.15) is 12.7 Å². The molecule has 0 aliphatic carbocycles. The molecular formula is C24H45NNaO9P. The van der Waals surface area contributed by atoms with Crippen LogP contribution in [0.5, 0.6) is 0 Å². The van der Waals surface area contributed by atoms with Crippen molar-refractivity contribution in [3.63, 3.8) is 0 Å². The van der Waals surface area contributed by atoms with Crippen molar-refractivity contribution in [2.75, 3.05) is 19.8 Å². The van der Waals surface area contributed by atoms with Gasteiger partial charge in [0.05, 0.1) is 25.2 Å². The molecule has 36 heavy (non-hydrogen) atoms. The third-order valence-corrected chi connectivity index (χ3v) is 6.18. The summed E-state index contributed by atoms with van der Waals surface area (Å²) < 4.78 is 25.4. The van der Waals surface area contributed by atoms with Gasteiger partial charge in [-0.05, 0) is 32.1 Å². The second kappa shape index (κ2) is 25.0. The van der Waals surface area contributed by atoms with Crippen LogP contribution in [0.2, 0.25) is 0 Å². The van der Waals surface area contributed by atoms with Gasteiger partial charge in [0.2, 0.25) is 0 Å². The molecular weight excluding hydrogens is 500 g/mol. The van der Waals surface area contributed by atoms with Crippen LogP contribution in [-0.4, -0.2) is 53.9 Å². The van der Waals surface area contributed by atoms with Crippen molar-refractivity contribution in [3.8, 4) is 0 Å². The number of aliphatic carboxylic acids is 1. The zero-order chi connectivity index (χ0) is 26.4. The number of carboxylic acid groups (broad SMARTS) is 1. The molecule has 0 aromatic carbocycles. The first-order valence-electron chi connectivity index (χ1n) is 12.7. The maximum atomic E-state index is 11.7. The van der Waals surface area contributed by atoms with Crippen LogP contribution in [0.3, 0.4) is 0 Å². The fourth-order valence-electron chi connectivity index (χ4n) is 3.11. The van der Waals surface area contributed by atoms with E-state index in [1.165, 1.54) is 44.9 Å². The van der Waals surface area contributed by atoms with Crippen LogP contribution < -0.4 is 40.4 Å². The Hall–Kier alpha value is -0.290. The van der Waals surface area contributed by atoms with Crippen LogP contribution in [-0.2, 0) is 27.9 Å². The second-order valence-electron chi connectivity index (χ2n) is 8.66. The van der Waals surface area contributed by atoms with Crippen LogP contribution in [0.25, 0.3) is 0 Å². The van der Waals surface area contributed by atoms with Crippen LogP contribution >= 0.6 is 7.82 Å². The normalized spacial score (nSPS) is 14.7. The molecule has 0 fully saturated rings. The van der Waals surface area contributed by atoms with Crippen molar-refractivity contribution in [3.05, 3.63) is 12.2 Å². The van der Waals surface area contributed by atoms with Gasteiger partial charge in [0, 0.05) is 6.42 Å². The molecule has 0 saturated carbocycles. The number of aliphatic hydroxyl groups is 1. The van der Waals surface area contributed by atoms with E-state index in [0.717, 1.165) is 32.1 Å². The first-order chi connectivity index (χ1) is 16.7. The van der Waals surface area contributed by atoms with Crippen LogP contribution in [0.1, 0.15) is 96.8 Å². The van der Waals surface area contributed by atoms with Crippen molar-refractivity contribution in [1.82, 2.24) is 0 Å². The maximum absolute atomic E-state index is 11.7. The molecule has 0 saturated heterocycles. The largest absolute Gasteiger partial charge is 1.00 e. The monoisotopic (exact) mass is 545 g/mol. The predicted octanol–water partition coefficient (Wildman–Crippen LogP) is 0.143. The summed E-state index contributed by atoms with van der Waals surface area (Å²) in [6.07, 6.45) is 18.5. The summed E-state index contributed by atoms with van der Waals surface area (Å²) in [5.41, 5.74) is 5.09. The number of ether oxygens (including phenoxy) is 1. The molecule has 0 bridgehead atoms. The number of phosphoric ester groups is 1. The van der Waals surface area contributed by atoms with Gasteiger partial charge in [-0.2, -0.15) is 0 Å². The Morgan fingerprint density at radius 2 is 1.39 bits per heavy atom. The van der Waals surface area contributed by atoms with Gasteiger partial charge >= 0.3 is 43.3 Å². The van der Waals surface area contributed by atoms with E-state index >= 15 is 0 Å². The van der Waals surface area contributed by atoms with Gasteiger partial charge in [0.25, 0.3) is 0 Å². The van der Waals surface area contributed by atoms with E-state index in [-0.39, 0.29) is 36.0 Å². The van der Waals surface area contributed by atoms with Crippen molar-refractivity contribution in [2.24, 2.45) is 5.73 Å². The van der Waals surface area contributed by atoms with E-state index in [2.05, 4.69) is 28.1 Å². The van der Waals surface area contributed by atoms with E-state index in [0.29, 0.717) is 6.42 Å². The summed E-state index contributed by atoms with van der Waals surface area (Å²) in [7, 11) is -4.61. The minimum absolute atomic E-state index is 0. The SMILES string of the molecule is CCCCCCCC/C=C/CCCCCCCC(=O)OC[C@@H](O)COP(=O)(O)OC[C@H](N)C(=O)[O-].[Na+]. The Morgan fingerprint density at radius 1 is 0.889 bits per heavy atom. The summed E-state index contributed by atoms with van der Waals surface area (Å²) in [5, 5.41) is 20.1. The number of esters is 1. The average molecular weight is 546 g/mol. The molecule has 0 aliphatic rings. The van der Waals surface area contributed by atoms with Crippen molar-refractivity contribution in [2.45, 2.75) is 109 Å². The van der Waals surface area contributed by atoms with E-state index < -0.39 is 51.7 Å². The number of hydrogen-bond acceptors (Lipinski definition) is 9.